The lowest BCUT2D eigenvalue weighted by Crippen LogP contribution is -2.29. The number of esters is 1. The Hall–Kier alpha value is -3.09. The van der Waals surface area contributed by atoms with Crippen molar-refractivity contribution >= 4 is 5.97 Å². The molecule has 3 aromatic rings. The van der Waals surface area contributed by atoms with Gasteiger partial charge < -0.3 is 4.74 Å². The fourth-order valence-corrected chi connectivity index (χ4v) is 2.20. The first-order valence-electron chi connectivity index (χ1n) is 7.37. The molecule has 0 aliphatic rings. The predicted octanol–water partition coefficient (Wildman–Crippen LogP) is 4.36. The molecule has 1 unspecified atom stereocenters. The molecule has 0 amide bonds. The molecule has 0 aliphatic carbocycles. The molecule has 0 bridgehead atoms. The number of halogens is 3. The number of rotatable bonds is 5. The molecule has 0 N–H and O–H groups in total. The van der Waals surface area contributed by atoms with Crippen molar-refractivity contribution in [2.75, 3.05) is 0 Å². The monoisotopic (exact) mass is 346 g/mol. The fraction of sp³-hybridized carbons (Fsp3) is 0.111. The van der Waals surface area contributed by atoms with E-state index in [9.17, 15) is 18.0 Å². The highest BCUT2D eigenvalue weighted by Crippen LogP contribution is 2.38. The summed E-state index contributed by atoms with van der Waals surface area (Å²) in [4.78, 5) is 12.0. The van der Waals surface area contributed by atoms with E-state index in [2.05, 4.69) is 5.10 Å². The van der Waals surface area contributed by atoms with Gasteiger partial charge in [0.05, 0.1) is 5.56 Å². The SMILES string of the molecule is O=C(Oc1ccccc1)c1ccc(C(F)C(F)(F)n2cccn2)cc1. The number of carbonyl (C=O) groups is 1. The van der Waals surface area contributed by atoms with Gasteiger partial charge in [0.15, 0.2) is 0 Å². The van der Waals surface area contributed by atoms with Gasteiger partial charge in [0, 0.05) is 12.4 Å². The Bertz CT molecular complexity index is 835. The van der Waals surface area contributed by atoms with Gasteiger partial charge in [-0.25, -0.2) is 13.9 Å². The maximum atomic E-state index is 14.2. The third-order valence-electron chi connectivity index (χ3n) is 3.51. The van der Waals surface area contributed by atoms with Crippen LogP contribution in [-0.2, 0) is 6.05 Å². The van der Waals surface area contributed by atoms with Crippen molar-refractivity contribution < 1.29 is 22.7 Å². The number of nitrogens with zero attached hydrogens (tertiary/aromatic N) is 2. The zero-order valence-electron chi connectivity index (χ0n) is 12.9. The summed E-state index contributed by atoms with van der Waals surface area (Å²) >= 11 is 0. The molecule has 3 rings (SSSR count). The fourth-order valence-electron chi connectivity index (χ4n) is 2.20. The molecule has 0 spiro atoms. The van der Waals surface area contributed by atoms with Crippen molar-refractivity contribution in [2.45, 2.75) is 12.2 Å². The van der Waals surface area contributed by atoms with Crippen LogP contribution in [0.5, 0.6) is 5.75 Å². The van der Waals surface area contributed by atoms with Crippen molar-refractivity contribution in [3.05, 3.63) is 84.2 Å². The van der Waals surface area contributed by atoms with Gasteiger partial charge in [0.1, 0.15) is 5.75 Å². The van der Waals surface area contributed by atoms with E-state index in [1.807, 2.05) is 0 Å². The summed E-state index contributed by atoms with van der Waals surface area (Å²) < 4.78 is 47.7. The van der Waals surface area contributed by atoms with Crippen LogP contribution in [0.4, 0.5) is 13.2 Å². The lowest BCUT2D eigenvalue weighted by atomic mass is 10.1. The number of para-hydroxylation sites is 1. The van der Waals surface area contributed by atoms with Crippen LogP contribution in [0.15, 0.2) is 73.1 Å². The molecule has 128 valence electrons. The summed E-state index contributed by atoms with van der Waals surface area (Å²) in [6.07, 6.45) is -0.479. The maximum absolute atomic E-state index is 14.2. The second-order valence-corrected chi connectivity index (χ2v) is 5.23. The molecule has 1 atom stereocenters. The zero-order valence-corrected chi connectivity index (χ0v) is 12.9. The number of aromatic nitrogens is 2. The number of hydrogen-bond acceptors (Lipinski definition) is 3. The van der Waals surface area contributed by atoms with Crippen LogP contribution in [0, 0.1) is 0 Å². The molecule has 0 radical (unpaired) electrons. The number of hydrogen-bond donors (Lipinski definition) is 0. The minimum atomic E-state index is -3.84. The Morgan fingerprint density at radius 1 is 1.04 bits per heavy atom. The van der Waals surface area contributed by atoms with Crippen LogP contribution in [0.25, 0.3) is 0 Å². The van der Waals surface area contributed by atoms with E-state index in [-0.39, 0.29) is 15.8 Å². The van der Waals surface area contributed by atoms with E-state index < -0.39 is 18.2 Å². The van der Waals surface area contributed by atoms with Crippen LogP contribution in [-0.4, -0.2) is 15.7 Å². The van der Waals surface area contributed by atoms with E-state index in [1.54, 1.807) is 30.3 Å². The minimum Gasteiger partial charge on any atom is -0.423 e. The van der Waals surface area contributed by atoms with Gasteiger partial charge in [-0.2, -0.15) is 13.9 Å². The first-order chi connectivity index (χ1) is 12.0. The van der Waals surface area contributed by atoms with Gasteiger partial charge in [-0.05, 0) is 35.9 Å². The Morgan fingerprint density at radius 2 is 1.72 bits per heavy atom. The van der Waals surface area contributed by atoms with Crippen LogP contribution in [0.2, 0.25) is 0 Å². The molecule has 1 heterocycles. The number of carbonyl (C=O) groups excluding carboxylic acids is 1. The molecular weight excluding hydrogens is 333 g/mol. The van der Waals surface area contributed by atoms with Gasteiger partial charge >= 0.3 is 12.0 Å². The number of ether oxygens (including phenoxy) is 1. The molecule has 0 fully saturated rings. The van der Waals surface area contributed by atoms with Gasteiger partial charge in [-0.15, -0.1) is 0 Å². The minimum absolute atomic E-state index is 0.127. The summed E-state index contributed by atoms with van der Waals surface area (Å²) in [6, 6.07) is 10.6. The Balaban J connectivity index is 1.74. The second kappa shape index (κ2) is 6.80. The topological polar surface area (TPSA) is 44.1 Å². The largest absolute Gasteiger partial charge is 0.423 e. The number of benzene rings is 2. The normalized spacial score (nSPS) is 12.6. The second-order valence-electron chi connectivity index (χ2n) is 5.23. The quantitative estimate of drug-likeness (QED) is 0.509. The van der Waals surface area contributed by atoms with Crippen molar-refractivity contribution in [3.63, 3.8) is 0 Å². The van der Waals surface area contributed by atoms with E-state index in [1.165, 1.54) is 18.2 Å². The molecule has 25 heavy (non-hydrogen) atoms. The first kappa shape index (κ1) is 16.8. The molecule has 0 saturated heterocycles. The van der Waals surface area contributed by atoms with Gasteiger partial charge in [-0.1, -0.05) is 30.3 Å². The predicted molar refractivity (Wildman–Crippen MR) is 84.1 cm³/mol. The van der Waals surface area contributed by atoms with E-state index in [0.29, 0.717) is 5.75 Å². The standard InChI is InChI=1S/C18H13F3N2O2/c19-16(18(20,21)23-12-4-11-22-23)13-7-9-14(10-8-13)17(24)25-15-5-2-1-3-6-15/h1-12,16H. The van der Waals surface area contributed by atoms with Crippen LogP contribution in [0.1, 0.15) is 22.1 Å². The maximum Gasteiger partial charge on any atom is 0.378 e. The molecule has 1 aromatic heterocycles. The van der Waals surface area contributed by atoms with Crippen molar-refractivity contribution in [2.24, 2.45) is 0 Å². The van der Waals surface area contributed by atoms with Gasteiger partial charge in [0.2, 0.25) is 6.17 Å². The molecule has 0 saturated carbocycles. The first-order valence-corrected chi connectivity index (χ1v) is 7.37. The Labute approximate surface area is 141 Å². The van der Waals surface area contributed by atoms with Crippen LogP contribution < -0.4 is 4.74 Å². The Morgan fingerprint density at radius 3 is 2.32 bits per heavy atom. The molecule has 7 heteroatoms. The molecule has 0 aliphatic heterocycles. The summed E-state index contributed by atoms with van der Waals surface area (Å²) in [6.45, 7) is 0. The summed E-state index contributed by atoms with van der Waals surface area (Å²) in [5.41, 5.74) is -0.140. The van der Waals surface area contributed by atoms with Crippen LogP contribution >= 0.6 is 0 Å². The third kappa shape index (κ3) is 3.55. The highest BCUT2D eigenvalue weighted by Gasteiger charge is 2.43. The highest BCUT2D eigenvalue weighted by atomic mass is 19.3. The van der Waals surface area contributed by atoms with E-state index in [0.717, 1.165) is 24.5 Å². The van der Waals surface area contributed by atoms with Crippen molar-refractivity contribution in [3.8, 4) is 5.75 Å². The lowest BCUT2D eigenvalue weighted by Gasteiger charge is -2.21. The molecule has 4 nitrogen and oxygen atoms in total. The zero-order chi connectivity index (χ0) is 17.9. The van der Waals surface area contributed by atoms with E-state index in [4.69, 9.17) is 4.74 Å². The average Bonchev–Trinajstić information content (AvgIpc) is 3.17. The highest BCUT2D eigenvalue weighted by molar-refractivity contribution is 5.91. The van der Waals surface area contributed by atoms with E-state index >= 15 is 0 Å². The van der Waals surface area contributed by atoms with Gasteiger partial charge in [-0.3, -0.25) is 0 Å². The molecular formula is C18H13F3N2O2. The third-order valence-corrected chi connectivity index (χ3v) is 3.51. The average molecular weight is 346 g/mol. The smallest absolute Gasteiger partial charge is 0.378 e. The van der Waals surface area contributed by atoms with Crippen molar-refractivity contribution in [1.29, 1.82) is 0 Å². The van der Waals surface area contributed by atoms with Gasteiger partial charge in [0.25, 0.3) is 0 Å². The van der Waals surface area contributed by atoms with Crippen molar-refractivity contribution in [1.82, 2.24) is 9.78 Å². The summed E-state index contributed by atoms with van der Waals surface area (Å²) in [7, 11) is 0. The van der Waals surface area contributed by atoms with Crippen LogP contribution in [0.3, 0.4) is 0 Å². The summed E-state index contributed by atoms with van der Waals surface area (Å²) in [5, 5.41) is 3.38. The molecule has 2 aromatic carbocycles. The Kier molecular flexibility index (Phi) is 4.56. The summed E-state index contributed by atoms with van der Waals surface area (Å²) in [5.74, 6) is -0.308. The lowest BCUT2D eigenvalue weighted by molar-refractivity contribution is -0.154. The number of alkyl halides is 3.